The van der Waals surface area contributed by atoms with Crippen LogP contribution in [0.15, 0.2) is 35.9 Å². The molecule has 0 aromatic carbocycles. The van der Waals surface area contributed by atoms with E-state index in [1.807, 2.05) is 38.9 Å². The Hall–Kier alpha value is -1.93. The van der Waals surface area contributed by atoms with E-state index >= 15 is 0 Å². The van der Waals surface area contributed by atoms with Crippen molar-refractivity contribution >= 4 is 15.8 Å². The van der Waals surface area contributed by atoms with Gasteiger partial charge in [-0.25, -0.2) is 23.1 Å². The Morgan fingerprint density at radius 2 is 2.05 bits per heavy atom. The molecule has 0 spiro atoms. The molecule has 120 valence electrons. The average Bonchev–Trinajstić information content (AvgIpc) is 2.96. The molecule has 22 heavy (non-hydrogen) atoms. The van der Waals surface area contributed by atoms with E-state index in [0.717, 1.165) is 11.4 Å². The van der Waals surface area contributed by atoms with E-state index in [4.69, 9.17) is 0 Å². The molecule has 0 unspecified atom stereocenters. The summed E-state index contributed by atoms with van der Waals surface area (Å²) in [6.45, 7) is 4.12. The highest BCUT2D eigenvalue weighted by atomic mass is 32.2. The lowest BCUT2D eigenvalue weighted by Gasteiger charge is -2.12. The zero-order chi connectivity index (χ0) is 16.3. The summed E-state index contributed by atoms with van der Waals surface area (Å²) in [5.74, 6) is 0.779. The fourth-order valence-electron chi connectivity index (χ4n) is 1.81. The molecule has 2 aromatic heterocycles. The van der Waals surface area contributed by atoms with Gasteiger partial charge in [0.2, 0.25) is 0 Å². The number of nitrogens with zero attached hydrogens (tertiary/aromatic N) is 4. The molecule has 2 heterocycles. The van der Waals surface area contributed by atoms with Crippen LogP contribution in [0, 0.1) is 0 Å². The largest absolute Gasteiger partial charge is 0.363 e. The Morgan fingerprint density at radius 1 is 1.32 bits per heavy atom. The second kappa shape index (κ2) is 6.45. The zero-order valence-electron chi connectivity index (χ0n) is 13.2. The molecule has 2 aromatic rings. The van der Waals surface area contributed by atoms with Gasteiger partial charge in [-0.1, -0.05) is 0 Å². The Morgan fingerprint density at radius 3 is 2.64 bits per heavy atom. The fourth-order valence-corrected chi connectivity index (χ4v) is 2.76. The van der Waals surface area contributed by atoms with Crippen molar-refractivity contribution in [3.05, 3.63) is 36.4 Å². The van der Waals surface area contributed by atoms with Crippen molar-refractivity contribution in [1.82, 2.24) is 19.3 Å². The highest BCUT2D eigenvalue weighted by Crippen LogP contribution is 2.12. The first-order chi connectivity index (χ1) is 10.3. The minimum atomic E-state index is -3.62. The monoisotopic (exact) mass is 323 g/mol. The van der Waals surface area contributed by atoms with Crippen LogP contribution in [-0.2, 0) is 16.6 Å². The molecule has 1 N–H and O–H groups in total. The van der Waals surface area contributed by atoms with Gasteiger partial charge in [0.15, 0.2) is 5.03 Å². The highest BCUT2D eigenvalue weighted by molar-refractivity contribution is 7.89. The van der Waals surface area contributed by atoms with Gasteiger partial charge < -0.3 is 9.47 Å². The van der Waals surface area contributed by atoms with Crippen molar-refractivity contribution in [3.8, 4) is 0 Å². The van der Waals surface area contributed by atoms with E-state index in [0.29, 0.717) is 0 Å². The highest BCUT2D eigenvalue weighted by Gasteiger charge is 2.17. The standard InChI is InChI=1S/C14H21N5O2S/c1-11(2)19-9-14(16-10-19)22(20,21)17-8-12-5-6-15-13(7-12)18(3)4/h5-7,9-11,17H,8H2,1-4H3. The lowest BCUT2D eigenvalue weighted by Crippen LogP contribution is -2.24. The number of anilines is 1. The maximum absolute atomic E-state index is 12.2. The summed E-state index contributed by atoms with van der Waals surface area (Å²) in [5.41, 5.74) is 0.838. The van der Waals surface area contributed by atoms with Crippen LogP contribution in [0.2, 0.25) is 0 Å². The van der Waals surface area contributed by atoms with Gasteiger partial charge in [-0.2, -0.15) is 0 Å². The van der Waals surface area contributed by atoms with Crippen LogP contribution in [0.1, 0.15) is 25.5 Å². The van der Waals surface area contributed by atoms with Crippen LogP contribution >= 0.6 is 0 Å². The number of aromatic nitrogens is 3. The van der Waals surface area contributed by atoms with Crippen molar-refractivity contribution < 1.29 is 8.42 Å². The van der Waals surface area contributed by atoms with E-state index < -0.39 is 10.0 Å². The van der Waals surface area contributed by atoms with Crippen LogP contribution in [0.25, 0.3) is 0 Å². The third kappa shape index (κ3) is 3.83. The third-order valence-electron chi connectivity index (χ3n) is 3.18. The van der Waals surface area contributed by atoms with Crippen LogP contribution in [0.4, 0.5) is 5.82 Å². The molecular weight excluding hydrogens is 302 g/mol. The molecule has 0 saturated carbocycles. The van der Waals surface area contributed by atoms with E-state index in [1.54, 1.807) is 16.8 Å². The number of hydrogen-bond donors (Lipinski definition) is 1. The van der Waals surface area contributed by atoms with E-state index in [-0.39, 0.29) is 17.6 Å². The lowest BCUT2D eigenvalue weighted by atomic mass is 10.2. The third-order valence-corrected chi connectivity index (χ3v) is 4.47. The normalized spacial score (nSPS) is 11.9. The molecule has 0 bridgehead atoms. The molecule has 8 heteroatoms. The molecule has 0 fully saturated rings. The van der Waals surface area contributed by atoms with Gasteiger partial charge >= 0.3 is 0 Å². The molecule has 0 aliphatic rings. The van der Waals surface area contributed by atoms with Crippen LogP contribution < -0.4 is 9.62 Å². The van der Waals surface area contributed by atoms with Crippen LogP contribution in [0.5, 0.6) is 0 Å². The second-order valence-corrected chi connectivity index (χ2v) is 7.21. The zero-order valence-corrected chi connectivity index (χ0v) is 14.0. The summed E-state index contributed by atoms with van der Waals surface area (Å²) in [6.07, 6.45) is 4.72. The SMILES string of the molecule is CC(C)n1cnc(S(=O)(=O)NCc2ccnc(N(C)C)c2)c1. The van der Waals surface area contributed by atoms with E-state index in [2.05, 4.69) is 14.7 Å². The number of nitrogens with one attached hydrogen (secondary N) is 1. The van der Waals surface area contributed by atoms with Crippen molar-refractivity contribution in [3.63, 3.8) is 0 Å². The lowest BCUT2D eigenvalue weighted by molar-refractivity contribution is 0.576. The molecule has 0 atom stereocenters. The van der Waals surface area contributed by atoms with E-state index in [1.165, 1.54) is 12.5 Å². The van der Waals surface area contributed by atoms with Crippen molar-refractivity contribution in [1.29, 1.82) is 0 Å². The smallest absolute Gasteiger partial charge is 0.259 e. The summed E-state index contributed by atoms with van der Waals surface area (Å²) in [4.78, 5) is 10.0. The maximum Gasteiger partial charge on any atom is 0.259 e. The van der Waals surface area contributed by atoms with Crippen LogP contribution in [-0.4, -0.2) is 37.0 Å². The maximum atomic E-state index is 12.2. The fraction of sp³-hybridized carbons (Fsp3) is 0.429. The molecule has 2 rings (SSSR count). The van der Waals surface area contributed by atoms with Gasteiger partial charge in [-0.3, -0.25) is 0 Å². The Kier molecular flexibility index (Phi) is 4.82. The topological polar surface area (TPSA) is 80.1 Å². The van der Waals surface area contributed by atoms with Crippen LogP contribution in [0.3, 0.4) is 0 Å². The predicted octanol–water partition coefficient (Wildman–Crippen LogP) is 1.40. The van der Waals surface area contributed by atoms with E-state index in [9.17, 15) is 8.42 Å². The first kappa shape index (κ1) is 16.4. The number of imidazole rings is 1. The summed E-state index contributed by atoms with van der Waals surface area (Å²) >= 11 is 0. The van der Waals surface area contributed by atoms with Crippen molar-refractivity contribution in [2.75, 3.05) is 19.0 Å². The minimum Gasteiger partial charge on any atom is -0.363 e. The number of hydrogen-bond acceptors (Lipinski definition) is 5. The van der Waals surface area contributed by atoms with Gasteiger partial charge in [0.1, 0.15) is 5.82 Å². The van der Waals surface area contributed by atoms with Gasteiger partial charge in [0.25, 0.3) is 10.0 Å². The van der Waals surface area contributed by atoms with Gasteiger partial charge in [-0.05, 0) is 31.5 Å². The molecule has 0 aliphatic heterocycles. The predicted molar refractivity (Wildman–Crippen MR) is 85.2 cm³/mol. The van der Waals surface area contributed by atoms with Crippen molar-refractivity contribution in [2.24, 2.45) is 0 Å². The quantitative estimate of drug-likeness (QED) is 0.869. The first-order valence-electron chi connectivity index (χ1n) is 6.95. The van der Waals surface area contributed by atoms with Gasteiger partial charge in [-0.15, -0.1) is 0 Å². The number of sulfonamides is 1. The average molecular weight is 323 g/mol. The van der Waals surface area contributed by atoms with Gasteiger partial charge in [0.05, 0.1) is 6.33 Å². The molecule has 0 amide bonds. The van der Waals surface area contributed by atoms with Gasteiger partial charge in [0, 0.05) is 39.1 Å². The summed E-state index contributed by atoms with van der Waals surface area (Å²) in [5, 5.41) is 0.0306. The number of rotatable bonds is 6. The Balaban J connectivity index is 2.10. The molecule has 7 nitrogen and oxygen atoms in total. The van der Waals surface area contributed by atoms with Crippen molar-refractivity contribution in [2.45, 2.75) is 31.5 Å². The first-order valence-corrected chi connectivity index (χ1v) is 8.43. The minimum absolute atomic E-state index is 0.0306. The summed E-state index contributed by atoms with van der Waals surface area (Å²) < 4.78 is 28.8. The molecular formula is C14H21N5O2S. The molecule has 0 saturated heterocycles. The number of pyridine rings is 1. The molecule has 0 radical (unpaired) electrons. The summed E-state index contributed by atoms with van der Waals surface area (Å²) in [7, 11) is 0.147. The second-order valence-electron chi connectivity index (χ2n) is 5.49. The Labute approximate surface area is 131 Å². The molecule has 0 aliphatic carbocycles. The summed E-state index contributed by atoms with van der Waals surface area (Å²) in [6, 6.07) is 3.79. The Bertz CT molecular complexity index is 737.